The quantitative estimate of drug-likeness (QED) is 0.686. The van der Waals surface area contributed by atoms with Gasteiger partial charge in [-0.2, -0.15) is 0 Å². The van der Waals surface area contributed by atoms with E-state index in [-0.39, 0.29) is 17.1 Å². The third-order valence-electron chi connectivity index (χ3n) is 4.65. The Labute approximate surface area is 168 Å². The van der Waals surface area contributed by atoms with Crippen LogP contribution in [0.4, 0.5) is 5.69 Å². The molecule has 1 N–H and O–H groups in total. The summed E-state index contributed by atoms with van der Waals surface area (Å²) >= 11 is 1.48. The molecule has 1 heterocycles. The van der Waals surface area contributed by atoms with E-state index < -0.39 is 0 Å². The van der Waals surface area contributed by atoms with Gasteiger partial charge in [-0.15, -0.1) is 0 Å². The molecule has 0 bridgehead atoms. The van der Waals surface area contributed by atoms with Crippen LogP contribution in [-0.2, 0) is 4.79 Å². The van der Waals surface area contributed by atoms with Crippen LogP contribution >= 0.6 is 11.8 Å². The first-order valence-electron chi connectivity index (χ1n) is 9.05. The molecule has 1 atom stereocenters. The highest BCUT2D eigenvalue weighted by Crippen LogP contribution is 2.38. The number of carbonyl (C=O) groups excluding carboxylic acids is 1. The molecular formula is C23H20N2O2S. The molecule has 5 heteroatoms. The lowest BCUT2D eigenvalue weighted by atomic mass is 9.88. The lowest BCUT2D eigenvalue weighted by Gasteiger charge is -2.21. The number of thioether (sulfide) groups is 1. The molecule has 1 amide bonds. The minimum atomic E-state index is -0.276. The Balaban J connectivity index is 1.64. The van der Waals surface area contributed by atoms with E-state index in [1.165, 1.54) is 11.8 Å². The van der Waals surface area contributed by atoms with Gasteiger partial charge in [-0.25, -0.2) is 4.99 Å². The summed E-state index contributed by atoms with van der Waals surface area (Å²) in [4.78, 5) is 17.4. The van der Waals surface area contributed by atoms with Crippen LogP contribution in [0.25, 0.3) is 0 Å². The van der Waals surface area contributed by atoms with Gasteiger partial charge in [0, 0.05) is 5.92 Å². The third-order valence-corrected chi connectivity index (χ3v) is 5.81. The molecule has 1 fully saturated rings. The second kappa shape index (κ2) is 8.31. The number of hydrogen-bond acceptors (Lipinski definition) is 4. The summed E-state index contributed by atoms with van der Waals surface area (Å²) in [7, 11) is 1.63. The van der Waals surface area contributed by atoms with Crippen LogP contribution in [0.5, 0.6) is 5.75 Å². The number of methoxy groups -OCH3 is 1. The van der Waals surface area contributed by atoms with Gasteiger partial charge in [0.05, 0.1) is 12.8 Å². The second-order valence-electron chi connectivity index (χ2n) is 6.44. The Morgan fingerprint density at radius 1 is 0.893 bits per heavy atom. The number of ether oxygens (including phenoxy) is 1. The maximum Gasteiger partial charge on any atom is 0.240 e. The van der Waals surface area contributed by atoms with Crippen molar-refractivity contribution >= 4 is 28.5 Å². The number of amidine groups is 1. The molecule has 0 radical (unpaired) electrons. The molecule has 4 rings (SSSR count). The van der Waals surface area contributed by atoms with E-state index in [0.717, 1.165) is 22.6 Å². The highest BCUT2D eigenvalue weighted by atomic mass is 32.2. The number of carbonyl (C=O) groups is 1. The summed E-state index contributed by atoms with van der Waals surface area (Å²) in [6, 6.07) is 27.8. The third kappa shape index (κ3) is 3.94. The highest BCUT2D eigenvalue weighted by molar-refractivity contribution is 8.15. The number of amides is 1. The number of nitrogens with zero attached hydrogens (tertiary/aromatic N) is 1. The smallest absolute Gasteiger partial charge is 0.240 e. The first-order valence-corrected chi connectivity index (χ1v) is 9.93. The van der Waals surface area contributed by atoms with Gasteiger partial charge in [0.15, 0.2) is 5.17 Å². The standard InChI is InChI=1S/C23H20N2O2S/c1-27-19-14-12-18(13-15-19)24-23-25-22(26)21(28-23)20(16-8-4-2-5-9-16)17-10-6-3-7-11-17/h2-15,20-21H,1H3,(H,24,25,26). The average molecular weight is 388 g/mol. The zero-order valence-corrected chi connectivity index (χ0v) is 16.2. The molecule has 0 aliphatic carbocycles. The van der Waals surface area contributed by atoms with Crippen molar-refractivity contribution in [3.63, 3.8) is 0 Å². The predicted molar refractivity (Wildman–Crippen MR) is 114 cm³/mol. The molecule has 3 aromatic carbocycles. The van der Waals surface area contributed by atoms with Crippen LogP contribution in [-0.4, -0.2) is 23.4 Å². The summed E-state index contributed by atoms with van der Waals surface area (Å²) < 4.78 is 5.18. The van der Waals surface area contributed by atoms with Crippen LogP contribution in [0, 0.1) is 0 Å². The van der Waals surface area contributed by atoms with Gasteiger partial charge in [0.2, 0.25) is 5.91 Å². The lowest BCUT2D eigenvalue weighted by molar-refractivity contribution is -0.119. The van der Waals surface area contributed by atoms with Crippen molar-refractivity contribution in [3.05, 3.63) is 96.1 Å². The number of hydrogen-bond donors (Lipinski definition) is 1. The fourth-order valence-corrected chi connectivity index (χ4v) is 4.46. The van der Waals surface area contributed by atoms with Crippen LogP contribution < -0.4 is 10.1 Å². The second-order valence-corrected chi connectivity index (χ2v) is 7.57. The lowest BCUT2D eigenvalue weighted by Crippen LogP contribution is -2.29. The number of nitrogens with one attached hydrogen (secondary N) is 1. The van der Waals surface area contributed by atoms with Crippen molar-refractivity contribution in [2.24, 2.45) is 4.99 Å². The fraction of sp³-hybridized carbons (Fsp3) is 0.130. The van der Waals surface area contributed by atoms with Crippen LogP contribution in [0.2, 0.25) is 0 Å². The van der Waals surface area contributed by atoms with E-state index in [0.29, 0.717) is 5.17 Å². The molecule has 1 saturated heterocycles. The van der Waals surface area contributed by atoms with E-state index in [1.807, 2.05) is 60.7 Å². The van der Waals surface area contributed by atoms with Crippen molar-refractivity contribution in [2.45, 2.75) is 11.2 Å². The van der Waals surface area contributed by atoms with Crippen molar-refractivity contribution < 1.29 is 9.53 Å². The van der Waals surface area contributed by atoms with E-state index in [4.69, 9.17) is 4.74 Å². The summed E-state index contributed by atoms with van der Waals surface area (Å²) in [5, 5.41) is 3.29. The molecule has 28 heavy (non-hydrogen) atoms. The normalized spacial score (nSPS) is 17.7. The van der Waals surface area contributed by atoms with Crippen LogP contribution in [0.3, 0.4) is 0 Å². The SMILES string of the molecule is COc1ccc(N=C2NC(=O)C(C(c3ccccc3)c3ccccc3)S2)cc1. The summed E-state index contributed by atoms with van der Waals surface area (Å²) in [6.45, 7) is 0. The topological polar surface area (TPSA) is 50.7 Å². The predicted octanol–water partition coefficient (Wildman–Crippen LogP) is 4.75. The van der Waals surface area contributed by atoms with Gasteiger partial charge in [-0.3, -0.25) is 4.79 Å². The minimum Gasteiger partial charge on any atom is -0.497 e. The molecule has 0 saturated carbocycles. The Hall–Kier alpha value is -3.05. The largest absolute Gasteiger partial charge is 0.497 e. The summed E-state index contributed by atoms with van der Waals surface area (Å²) in [6.07, 6.45) is 0. The van der Waals surface area contributed by atoms with E-state index >= 15 is 0 Å². The van der Waals surface area contributed by atoms with Crippen molar-refractivity contribution in [2.75, 3.05) is 7.11 Å². The van der Waals surface area contributed by atoms with E-state index in [1.54, 1.807) is 7.11 Å². The van der Waals surface area contributed by atoms with Crippen molar-refractivity contribution in [1.29, 1.82) is 0 Å². The fourth-order valence-electron chi connectivity index (χ4n) is 3.29. The van der Waals surface area contributed by atoms with Crippen molar-refractivity contribution in [1.82, 2.24) is 5.32 Å². The molecule has 0 spiro atoms. The van der Waals surface area contributed by atoms with Gasteiger partial charge in [0.1, 0.15) is 11.0 Å². The van der Waals surface area contributed by atoms with Crippen LogP contribution in [0.1, 0.15) is 17.0 Å². The molecule has 4 nitrogen and oxygen atoms in total. The van der Waals surface area contributed by atoms with E-state index in [9.17, 15) is 4.79 Å². The van der Waals surface area contributed by atoms with Gasteiger partial charge in [-0.05, 0) is 35.4 Å². The molecule has 0 aromatic heterocycles. The molecule has 1 aliphatic rings. The first kappa shape index (κ1) is 18.3. The van der Waals surface area contributed by atoms with Crippen molar-refractivity contribution in [3.8, 4) is 5.75 Å². The molecule has 1 aliphatic heterocycles. The molecule has 140 valence electrons. The van der Waals surface area contributed by atoms with Gasteiger partial charge in [0.25, 0.3) is 0 Å². The number of benzene rings is 3. The maximum absolute atomic E-state index is 12.8. The van der Waals surface area contributed by atoms with Gasteiger partial charge < -0.3 is 10.1 Å². The molecular weight excluding hydrogens is 368 g/mol. The first-order chi connectivity index (χ1) is 13.7. The number of aliphatic imine (C=N–C) groups is 1. The Bertz CT molecular complexity index is 933. The Morgan fingerprint density at radius 3 is 2.00 bits per heavy atom. The van der Waals surface area contributed by atoms with Gasteiger partial charge >= 0.3 is 0 Å². The van der Waals surface area contributed by atoms with Crippen LogP contribution in [0.15, 0.2) is 89.9 Å². The Kier molecular flexibility index (Phi) is 5.44. The monoisotopic (exact) mass is 388 g/mol. The minimum absolute atomic E-state index is 0.0185. The summed E-state index contributed by atoms with van der Waals surface area (Å²) in [5.41, 5.74) is 3.01. The maximum atomic E-state index is 12.8. The molecule has 1 unspecified atom stereocenters. The highest BCUT2D eigenvalue weighted by Gasteiger charge is 2.38. The van der Waals surface area contributed by atoms with Gasteiger partial charge in [-0.1, -0.05) is 72.4 Å². The Morgan fingerprint density at radius 2 is 1.46 bits per heavy atom. The molecule has 3 aromatic rings. The number of rotatable bonds is 5. The zero-order valence-electron chi connectivity index (χ0n) is 15.4. The summed E-state index contributed by atoms with van der Waals surface area (Å²) in [5.74, 6) is 0.712. The average Bonchev–Trinajstić information content (AvgIpc) is 3.10. The zero-order chi connectivity index (χ0) is 19.3. The van der Waals surface area contributed by atoms with E-state index in [2.05, 4.69) is 34.6 Å².